The smallest absolute Gasteiger partial charge is 0.164 e. The summed E-state index contributed by atoms with van der Waals surface area (Å²) in [6, 6.07) is 23.3. The summed E-state index contributed by atoms with van der Waals surface area (Å²) in [6.45, 7) is 7.88. The molecule has 0 spiro atoms. The molecule has 0 fully saturated rings. The van der Waals surface area contributed by atoms with Crippen LogP contribution in [0.1, 0.15) is 46.6 Å². The summed E-state index contributed by atoms with van der Waals surface area (Å²) in [4.78, 5) is 19.1. The number of nitrogens with zero attached hydrogens (tertiary/aromatic N) is 4. The zero-order valence-corrected chi connectivity index (χ0v) is 25.6. The van der Waals surface area contributed by atoms with E-state index in [4.69, 9.17) is 15.0 Å². The normalized spacial score (nSPS) is 20.3. The van der Waals surface area contributed by atoms with Gasteiger partial charge in [-0.1, -0.05) is 135 Å². The van der Waals surface area contributed by atoms with E-state index in [1.165, 1.54) is 16.7 Å². The van der Waals surface area contributed by atoms with Gasteiger partial charge in [0.05, 0.1) is 0 Å². The fourth-order valence-electron chi connectivity index (χ4n) is 6.38. The predicted molar refractivity (Wildman–Crippen MR) is 189 cm³/mol. The van der Waals surface area contributed by atoms with Crippen molar-refractivity contribution in [3.8, 4) is 11.4 Å². The molecule has 2 aromatic heterocycles. The summed E-state index contributed by atoms with van der Waals surface area (Å²) in [7, 11) is 0. The molecule has 0 amide bonds. The zero-order valence-electron chi connectivity index (χ0n) is 25.6. The number of rotatable bonds is 8. The van der Waals surface area contributed by atoms with Crippen LogP contribution < -0.4 is 0 Å². The number of pyridine rings is 1. The van der Waals surface area contributed by atoms with Crippen molar-refractivity contribution in [2.75, 3.05) is 0 Å². The third kappa shape index (κ3) is 5.98. The second kappa shape index (κ2) is 13.1. The molecule has 7 rings (SSSR count). The molecule has 4 heteroatoms. The first-order valence-electron chi connectivity index (χ1n) is 15.6. The van der Waals surface area contributed by atoms with Gasteiger partial charge in [0, 0.05) is 41.3 Å². The Morgan fingerprint density at radius 3 is 2.28 bits per heavy atom. The van der Waals surface area contributed by atoms with Gasteiger partial charge in [-0.25, -0.2) is 15.0 Å². The molecule has 4 aromatic rings. The van der Waals surface area contributed by atoms with Crippen molar-refractivity contribution >= 4 is 16.7 Å². The first-order chi connectivity index (χ1) is 22.7. The topological polar surface area (TPSA) is 51.6 Å². The van der Waals surface area contributed by atoms with Crippen molar-refractivity contribution < 1.29 is 0 Å². The van der Waals surface area contributed by atoms with Gasteiger partial charge in [-0.3, -0.25) is 4.98 Å². The highest BCUT2D eigenvalue weighted by molar-refractivity contribution is 5.86. The fraction of sp³-hybridized carbons (Fsp3) is 0.0952. The summed E-state index contributed by atoms with van der Waals surface area (Å²) in [5.41, 5.74) is 8.94. The standard InChI is InChI=1S/C42H34N4/c1-3-11-29(4-2)40-44-41(34-13-6-5-7-14-34)46-42(45-40)37-27-35(26-36(28-37)31-22-24-43-25-23-31)30-18-20-33(21-19-30)39-17-10-15-32-12-8-9-16-38(32)39/h3-26,28,35,38-39H,1-2,27H2/b29-11+. The Morgan fingerprint density at radius 2 is 1.50 bits per heavy atom. The number of benzene rings is 2. The van der Waals surface area contributed by atoms with Crippen LogP contribution in [-0.2, 0) is 0 Å². The Bertz CT molecular complexity index is 1990. The van der Waals surface area contributed by atoms with Gasteiger partial charge in [0.2, 0.25) is 0 Å². The lowest BCUT2D eigenvalue weighted by Gasteiger charge is -2.28. The van der Waals surface area contributed by atoms with Crippen LogP contribution in [0.15, 0.2) is 171 Å². The number of aromatic nitrogens is 4. The quantitative estimate of drug-likeness (QED) is 0.191. The van der Waals surface area contributed by atoms with Crippen molar-refractivity contribution in [3.05, 3.63) is 199 Å². The molecule has 3 aliphatic rings. The molecule has 2 heterocycles. The molecule has 3 atom stereocenters. The van der Waals surface area contributed by atoms with Crippen molar-refractivity contribution in [2.45, 2.75) is 18.3 Å². The van der Waals surface area contributed by atoms with E-state index in [0.29, 0.717) is 29.3 Å². The highest BCUT2D eigenvalue weighted by atomic mass is 15.0. The maximum atomic E-state index is 5.03. The van der Waals surface area contributed by atoms with Gasteiger partial charge in [0.25, 0.3) is 0 Å². The Hall–Kier alpha value is -5.74. The molecule has 0 saturated heterocycles. The van der Waals surface area contributed by atoms with Crippen molar-refractivity contribution in [1.29, 1.82) is 0 Å². The van der Waals surface area contributed by atoms with Gasteiger partial charge in [-0.2, -0.15) is 0 Å². The maximum absolute atomic E-state index is 5.03. The van der Waals surface area contributed by atoms with Gasteiger partial charge in [-0.05, 0) is 58.0 Å². The Balaban J connectivity index is 1.28. The van der Waals surface area contributed by atoms with Crippen LogP contribution in [0.4, 0.5) is 0 Å². The van der Waals surface area contributed by atoms with E-state index in [1.54, 1.807) is 12.2 Å². The van der Waals surface area contributed by atoms with E-state index in [2.05, 4.69) is 109 Å². The monoisotopic (exact) mass is 594 g/mol. The predicted octanol–water partition coefficient (Wildman–Crippen LogP) is 9.67. The largest absolute Gasteiger partial charge is 0.265 e. The lowest BCUT2D eigenvalue weighted by atomic mass is 9.76. The number of hydrogen-bond acceptors (Lipinski definition) is 4. The van der Waals surface area contributed by atoms with Gasteiger partial charge in [0.15, 0.2) is 17.5 Å². The average molecular weight is 595 g/mol. The van der Waals surface area contributed by atoms with Gasteiger partial charge in [-0.15, -0.1) is 0 Å². The zero-order chi connectivity index (χ0) is 31.3. The molecule has 4 nitrogen and oxygen atoms in total. The molecule has 3 aliphatic carbocycles. The van der Waals surface area contributed by atoms with Crippen LogP contribution in [0.5, 0.6) is 0 Å². The first kappa shape index (κ1) is 29.0. The van der Waals surface area contributed by atoms with E-state index in [9.17, 15) is 0 Å². The summed E-state index contributed by atoms with van der Waals surface area (Å²) < 4.78 is 0. The summed E-state index contributed by atoms with van der Waals surface area (Å²) in [5.74, 6) is 2.68. The number of fused-ring (bicyclic) bond motifs is 1. The van der Waals surface area contributed by atoms with E-state index < -0.39 is 0 Å². The van der Waals surface area contributed by atoms with E-state index in [-0.39, 0.29) is 5.92 Å². The van der Waals surface area contributed by atoms with Crippen molar-refractivity contribution in [3.63, 3.8) is 0 Å². The number of hydrogen-bond donors (Lipinski definition) is 0. The Morgan fingerprint density at radius 1 is 0.739 bits per heavy atom. The summed E-state index contributed by atoms with van der Waals surface area (Å²) in [5, 5.41) is 0. The van der Waals surface area contributed by atoms with Crippen molar-refractivity contribution in [2.24, 2.45) is 5.92 Å². The maximum Gasteiger partial charge on any atom is 0.164 e. The lowest BCUT2D eigenvalue weighted by molar-refractivity contribution is 0.669. The van der Waals surface area contributed by atoms with E-state index in [0.717, 1.165) is 34.3 Å². The first-order valence-corrected chi connectivity index (χ1v) is 15.6. The van der Waals surface area contributed by atoms with Crippen LogP contribution in [-0.4, -0.2) is 19.9 Å². The minimum Gasteiger partial charge on any atom is -0.265 e. The average Bonchev–Trinajstić information content (AvgIpc) is 3.14. The molecule has 0 N–H and O–H groups in total. The Labute approximate surface area is 270 Å². The van der Waals surface area contributed by atoms with E-state index >= 15 is 0 Å². The van der Waals surface area contributed by atoms with Gasteiger partial charge in [0.1, 0.15) is 0 Å². The molecular formula is C42H34N4. The number of allylic oxidation sites excluding steroid dienone is 16. The molecule has 0 bridgehead atoms. The highest BCUT2D eigenvalue weighted by Crippen LogP contribution is 2.41. The van der Waals surface area contributed by atoms with Crippen LogP contribution in [0.2, 0.25) is 0 Å². The van der Waals surface area contributed by atoms with E-state index in [1.807, 2.05) is 48.8 Å². The molecule has 222 valence electrons. The SMILES string of the molecule is C=C/C=C(\C=C)c1nc(C2=CC(c3ccncc3)=CC(c3ccc(C4C=CC=C5C=CC=CC54)cc3)C2)nc(-c2ccccc2)n1. The van der Waals surface area contributed by atoms with Gasteiger partial charge < -0.3 is 0 Å². The van der Waals surface area contributed by atoms with Crippen LogP contribution >= 0.6 is 0 Å². The van der Waals surface area contributed by atoms with Gasteiger partial charge >= 0.3 is 0 Å². The third-order valence-corrected chi connectivity index (χ3v) is 8.74. The third-order valence-electron chi connectivity index (χ3n) is 8.74. The minimum absolute atomic E-state index is 0.134. The molecule has 0 aliphatic heterocycles. The fourth-order valence-corrected chi connectivity index (χ4v) is 6.38. The molecular weight excluding hydrogens is 560 g/mol. The molecule has 0 radical (unpaired) electrons. The molecule has 2 aromatic carbocycles. The van der Waals surface area contributed by atoms with Crippen LogP contribution in [0.25, 0.3) is 28.1 Å². The molecule has 46 heavy (non-hydrogen) atoms. The molecule has 0 saturated carbocycles. The minimum atomic E-state index is 0.134. The second-order valence-corrected chi connectivity index (χ2v) is 11.6. The summed E-state index contributed by atoms with van der Waals surface area (Å²) >= 11 is 0. The van der Waals surface area contributed by atoms with Crippen LogP contribution in [0, 0.1) is 5.92 Å². The molecule has 3 unspecified atom stereocenters. The Kier molecular flexibility index (Phi) is 8.25. The van der Waals surface area contributed by atoms with Crippen LogP contribution in [0.3, 0.4) is 0 Å². The van der Waals surface area contributed by atoms with Crippen molar-refractivity contribution in [1.82, 2.24) is 19.9 Å². The lowest BCUT2D eigenvalue weighted by Crippen LogP contribution is -2.15. The summed E-state index contributed by atoms with van der Waals surface area (Å²) in [6.07, 6.45) is 29.9. The highest BCUT2D eigenvalue weighted by Gasteiger charge is 2.26. The second-order valence-electron chi connectivity index (χ2n) is 11.6.